The van der Waals surface area contributed by atoms with Gasteiger partial charge in [0, 0.05) is 73.7 Å². The molecule has 11 rings (SSSR count). The molecule has 0 aliphatic rings. The Bertz CT molecular complexity index is 3190. The van der Waals surface area contributed by atoms with Crippen LogP contribution in [0.4, 0.5) is 0 Å². The topological polar surface area (TPSA) is 77.3 Å². The highest BCUT2D eigenvalue weighted by molar-refractivity contribution is 7.26. The molecule has 0 unspecified atom stereocenters. The first kappa shape index (κ1) is 32.4. The number of aromatic nitrogens is 6. The van der Waals surface area contributed by atoms with Crippen LogP contribution in [0, 0.1) is 0 Å². The Morgan fingerprint density at radius 3 is 1.36 bits per heavy atom. The molecule has 0 radical (unpaired) electrons. The van der Waals surface area contributed by atoms with E-state index in [0.717, 1.165) is 48.9 Å². The molecule has 0 N–H and O–H groups in total. The van der Waals surface area contributed by atoms with Crippen molar-refractivity contribution in [2.75, 3.05) is 0 Å². The first-order chi connectivity index (χ1) is 27.7. The van der Waals surface area contributed by atoms with E-state index in [9.17, 15) is 0 Å². The van der Waals surface area contributed by atoms with Crippen LogP contribution in [0.1, 0.15) is 0 Å². The van der Waals surface area contributed by atoms with Crippen LogP contribution in [0.25, 0.3) is 109 Å². The minimum Gasteiger partial charge on any atom is -0.208 e. The second-order valence-corrected chi connectivity index (χ2v) is 15.7. The van der Waals surface area contributed by atoms with E-state index in [1.807, 2.05) is 91.0 Å². The van der Waals surface area contributed by atoms with Crippen molar-refractivity contribution in [3.8, 4) is 68.3 Å². The zero-order chi connectivity index (χ0) is 37.0. The largest absolute Gasteiger partial charge is 0.208 e. The zero-order valence-corrected chi connectivity index (χ0v) is 31.3. The van der Waals surface area contributed by atoms with E-state index in [1.54, 1.807) is 22.7 Å². The van der Waals surface area contributed by atoms with Gasteiger partial charge in [-0.05, 0) is 36.4 Å². The smallest absolute Gasteiger partial charge is 0.165 e. The number of thiophene rings is 2. The molecule has 4 aromatic heterocycles. The fraction of sp³-hybridized carbons (Fsp3) is 0. The Morgan fingerprint density at radius 2 is 0.732 bits per heavy atom. The van der Waals surface area contributed by atoms with E-state index in [0.29, 0.717) is 34.9 Å². The van der Waals surface area contributed by atoms with Gasteiger partial charge >= 0.3 is 0 Å². The van der Waals surface area contributed by atoms with Crippen molar-refractivity contribution >= 4 is 63.0 Å². The van der Waals surface area contributed by atoms with Crippen LogP contribution < -0.4 is 0 Å². The monoisotopic (exact) mass is 752 g/mol. The van der Waals surface area contributed by atoms with Crippen LogP contribution in [-0.2, 0) is 0 Å². The number of fused-ring (bicyclic) bond motifs is 6. The SMILES string of the molecule is c1ccc(-c2nc(-c3ccccc3)nc(-c3ccc4c(c3)sc3ccc(-c5nc(-c6ccccc6)nc(-c6cccc7c6sc6ccccc67)n5)cc34)n2)cc1. The summed E-state index contributed by atoms with van der Waals surface area (Å²) in [4.78, 5) is 30.2. The van der Waals surface area contributed by atoms with E-state index >= 15 is 0 Å². The number of hydrogen-bond acceptors (Lipinski definition) is 8. The molecule has 0 atom stereocenters. The second-order valence-electron chi connectivity index (χ2n) is 13.5. The first-order valence-electron chi connectivity index (χ1n) is 18.3. The lowest BCUT2D eigenvalue weighted by atomic mass is 10.1. The van der Waals surface area contributed by atoms with Crippen molar-refractivity contribution in [3.63, 3.8) is 0 Å². The van der Waals surface area contributed by atoms with Gasteiger partial charge in [-0.1, -0.05) is 133 Å². The molecule has 262 valence electrons. The lowest BCUT2D eigenvalue weighted by molar-refractivity contribution is 1.07. The summed E-state index contributed by atoms with van der Waals surface area (Å²) in [6.07, 6.45) is 0. The third-order valence-corrected chi connectivity index (χ3v) is 12.4. The molecule has 0 fully saturated rings. The fourth-order valence-corrected chi connectivity index (χ4v) is 9.60. The molecule has 0 bridgehead atoms. The highest BCUT2D eigenvalue weighted by Crippen LogP contribution is 2.41. The summed E-state index contributed by atoms with van der Waals surface area (Å²) >= 11 is 3.53. The molecule has 11 aromatic rings. The molecule has 6 nitrogen and oxygen atoms in total. The summed E-state index contributed by atoms with van der Waals surface area (Å²) in [7, 11) is 0. The van der Waals surface area contributed by atoms with Crippen molar-refractivity contribution in [2.45, 2.75) is 0 Å². The first-order valence-corrected chi connectivity index (χ1v) is 19.9. The predicted molar refractivity (Wildman–Crippen MR) is 232 cm³/mol. The molecular formula is C48H28N6S2. The van der Waals surface area contributed by atoms with Gasteiger partial charge in [-0.25, -0.2) is 29.9 Å². The van der Waals surface area contributed by atoms with Gasteiger partial charge in [-0.15, -0.1) is 22.7 Å². The Kier molecular flexibility index (Phi) is 7.75. The third-order valence-electron chi connectivity index (χ3n) is 10.00. The summed E-state index contributed by atoms with van der Waals surface area (Å²) in [5, 5.41) is 4.76. The van der Waals surface area contributed by atoms with Gasteiger partial charge in [-0.2, -0.15) is 0 Å². The van der Waals surface area contributed by atoms with Gasteiger partial charge in [-0.3, -0.25) is 0 Å². The van der Waals surface area contributed by atoms with Crippen LogP contribution in [0.5, 0.6) is 0 Å². The molecule has 56 heavy (non-hydrogen) atoms. The van der Waals surface area contributed by atoms with Crippen molar-refractivity contribution in [3.05, 3.63) is 170 Å². The average Bonchev–Trinajstić information content (AvgIpc) is 3.85. The van der Waals surface area contributed by atoms with Crippen molar-refractivity contribution in [1.82, 2.24) is 29.9 Å². The van der Waals surface area contributed by atoms with Crippen LogP contribution in [-0.4, -0.2) is 29.9 Å². The molecule has 4 heterocycles. The van der Waals surface area contributed by atoms with Crippen molar-refractivity contribution in [1.29, 1.82) is 0 Å². The molecule has 0 spiro atoms. The summed E-state index contributed by atoms with van der Waals surface area (Å²) < 4.78 is 4.74. The number of nitrogens with zero attached hydrogens (tertiary/aromatic N) is 6. The summed E-state index contributed by atoms with van der Waals surface area (Å²) in [6.45, 7) is 0. The van der Waals surface area contributed by atoms with Gasteiger partial charge < -0.3 is 0 Å². The third kappa shape index (κ3) is 5.71. The van der Waals surface area contributed by atoms with Gasteiger partial charge in [0.05, 0.1) is 0 Å². The highest BCUT2D eigenvalue weighted by atomic mass is 32.1. The van der Waals surface area contributed by atoms with E-state index in [-0.39, 0.29) is 0 Å². The number of benzene rings is 7. The maximum atomic E-state index is 5.18. The predicted octanol–water partition coefficient (Wildman–Crippen LogP) is 12.8. The Morgan fingerprint density at radius 1 is 0.268 bits per heavy atom. The Labute approximate surface area is 329 Å². The number of rotatable bonds is 6. The van der Waals surface area contributed by atoms with Crippen LogP contribution in [0.3, 0.4) is 0 Å². The molecule has 7 aromatic carbocycles. The molecule has 0 aliphatic carbocycles. The van der Waals surface area contributed by atoms with Crippen LogP contribution >= 0.6 is 22.7 Å². The molecule has 0 aliphatic heterocycles. The molecule has 8 heteroatoms. The average molecular weight is 753 g/mol. The van der Waals surface area contributed by atoms with E-state index < -0.39 is 0 Å². The van der Waals surface area contributed by atoms with Crippen molar-refractivity contribution in [2.24, 2.45) is 0 Å². The maximum absolute atomic E-state index is 5.18. The standard InChI is InChI=1S/C48H28N6S2/c1-4-13-29(14-5-1)43-49-44(30-15-6-2-7-16-30)51-47(50-43)33-23-25-35-38-27-32(24-26-40(38)55-41(35)28-33)46-52-45(31-17-8-3-9-18-31)53-48(54-46)37-21-12-20-36-34-19-10-11-22-39(34)56-42(36)37/h1-28H. The van der Waals surface area contributed by atoms with Crippen LogP contribution in [0.15, 0.2) is 170 Å². The van der Waals surface area contributed by atoms with E-state index in [4.69, 9.17) is 29.9 Å². The van der Waals surface area contributed by atoms with Crippen molar-refractivity contribution < 1.29 is 0 Å². The van der Waals surface area contributed by atoms with Gasteiger partial charge in [0.2, 0.25) is 0 Å². The molecular weight excluding hydrogens is 725 g/mol. The Hall–Kier alpha value is -7.00. The van der Waals surface area contributed by atoms with E-state index in [1.165, 1.54) is 24.9 Å². The zero-order valence-electron chi connectivity index (χ0n) is 29.7. The highest BCUT2D eigenvalue weighted by Gasteiger charge is 2.18. The summed E-state index contributed by atoms with van der Waals surface area (Å²) in [5.41, 5.74) is 5.71. The lowest BCUT2D eigenvalue weighted by Gasteiger charge is -2.09. The number of hydrogen-bond donors (Lipinski definition) is 0. The Balaban J connectivity index is 1.04. The van der Waals surface area contributed by atoms with E-state index in [2.05, 4.69) is 78.9 Å². The van der Waals surface area contributed by atoms with Gasteiger partial charge in [0.15, 0.2) is 34.9 Å². The lowest BCUT2D eigenvalue weighted by Crippen LogP contribution is -2.00. The van der Waals surface area contributed by atoms with Gasteiger partial charge in [0.25, 0.3) is 0 Å². The summed E-state index contributed by atoms with van der Waals surface area (Å²) in [5.74, 6) is 3.87. The second kappa shape index (κ2) is 13.4. The minimum absolute atomic E-state index is 0.636. The normalized spacial score (nSPS) is 11.6. The molecule has 0 amide bonds. The fourth-order valence-electron chi connectivity index (χ4n) is 7.26. The van der Waals surface area contributed by atoms with Gasteiger partial charge in [0.1, 0.15) is 0 Å². The molecule has 0 saturated heterocycles. The maximum Gasteiger partial charge on any atom is 0.165 e. The molecule has 0 saturated carbocycles. The summed E-state index contributed by atoms with van der Waals surface area (Å²) in [6, 6.07) is 58.2. The van der Waals surface area contributed by atoms with Crippen LogP contribution in [0.2, 0.25) is 0 Å². The minimum atomic E-state index is 0.636. The quantitative estimate of drug-likeness (QED) is 0.168.